The molecule has 1 aromatic heterocycles. The zero-order chi connectivity index (χ0) is 12.1. The number of nitrogens with one attached hydrogen (secondary N) is 1. The molecule has 0 amide bonds. The van der Waals surface area contributed by atoms with Crippen LogP contribution in [0.3, 0.4) is 0 Å². The van der Waals surface area contributed by atoms with Gasteiger partial charge in [-0.3, -0.25) is 0 Å². The van der Waals surface area contributed by atoms with Crippen LogP contribution < -0.4 is 5.32 Å². The van der Waals surface area contributed by atoms with E-state index in [-0.39, 0.29) is 0 Å². The molecule has 0 aliphatic heterocycles. The fourth-order valence-electron chi connectivity index (χ4n) is 2.16. The molecule has 1 aromatic rings. The van der Waals surface area contributed by atoms with Crippen molar-refractivity contribution < 1.29 is 0 Å². The van der Waals surface area contributed by atoms with Crippen molar-refractivity contribution in [1.82, 2.24) is 5.32 Å². The summed E-state index contributed by atoms with van der Waals surface area (Å²) in [5.41, 5.74) is 1.43. The Kier molecular flexibility index (Phi) is 5.50. The second-order valence-corrected chi connectivity index (χ2v) is 6.15. The highest BCUT2D eigenvalue weighted by atomic mass is 32.1. The highest BCUT2D eigenvalue weighted by Crippen LogP contribution is 2.30. The zero-order valence-electron chi connectivity index (χ0n) is 11.3. The fourth-order valence-corrected chi connectivity index (χ4v) is 3.33. The number of rotatable bonds is 6. The van der Waals surface area contributed by atoms with Crippen LogP contribution in [0.2, 0.25) is 0 Å². The summed E-state index contributed by atoms with van der Waals surface area (Å²) in [5.74, 6) is 0.810. The van der Waals surface area contributed by atoms with Gasteiger partial charge in [0, 0.05) is 15.8 Å². The van der Waals surface area contributed by atoms with Crippen LogP contribution in [0.5, 0.6) is 0 Å². The molecule has 1 heterocycles. The summed E-state index contributed by atoms with van der Waals surface area (Å²) in [5, 5.41) is 3.46. The van der Waals surface area contributed by atoms with Crippen molar-refractivity contribution in [1.29, 1.82) is 0 Å². The molecule has 1 N–H and O–H groups in total. The Balaban J connectivity index is 2.67. The summed E-state index contributed by atoms with van der Waals surface area (Å²) < 4.78 is 0. The third-order valence-electron chi connectivity index (χ3n) is 3.30. The zero-order valence-corrected chi connectivity index (χ0v) is 12.1. The standard InChI is InChI=1S/C14H25NS/c1-6-7-10(2)8-13(15-5)14-9-11(3)12(4)16-14/h9-10,13,15H,6-8H2,1-5H3. The van der Waals surface area contributed by atoms with E-state index < -0.39 is 0 Å². The molecule has 0 aliphatic carbocycles. The van der Waals surface area contributed by atoms with Gasteiger partial charge in [0.1, 0.15) is 0 Å². The first-order valence-corrected chi connectivity index (χ1v) is 7.14. The maximum absolute atomic E-state index is 3.46. The molecule has 2 atom stereocenters. The fraction of sp³-hybridized carbons (Fsp3) is 0.714. The summed E-state index contributed by atoms with van der Waals surface area (Å²) in [7, 11) is 2.08. The molecule has 16 heavy (non-hydrogen) atoms. The second kappa shape index (κ2) is 6.41. The van der Waals surface area contributed by atoms with E-state index in [0.717, 1.165) is 5.92 Å². The summed E-state index contributed by atoms with van der Waals surface area (Å²) in [6, 6.07) is 2.89. The minimum absolute atomic E-state index is 0.541. The quantitative estimate of drug-likeness (QED) is 0.773. The number of aryl methyl sites for hydroxylation is 2. The van der Waals surface area contributed by atoms with Gasteiger partial charge in [-0.05, 0) is 44.9 Å². The highest BCUT2D eigenvalue weighted by Gasteiger charge is 2.15. The van der Waals surface area contributed by atoms with Crippen LogP contribution in [0.4, 0.5) is 0 Å². The lowest BCUT2D eigenvalue weighted by atomic mass is 9.96. The first kappa shape index (κ1) is 13.7. The molecule has 92 valence electrons. The summed E-state index contributed by atoms with van der Waals surface area (Å²) in [6.07, 6.45) is 3.88. The Morgan fingerprint density at radius 3 is 2.50 bits per heavy atom. The average molecular weight is 239 g/mol. The molecule has 0 spiro atoms. The highest BCUT2D eigenvalue weighted by molar-refractivity contribution is 7.12. The maximum Gasteiger partial charge on any atom is 0.0415 e. The Labute approximate surface area is 104 Å². The Morgan fingerprint density at radius 1 is 1.38 bits per heavy atom. The molecular weight excluding hydrogens is 214 g/mol. The van der Waals surface area contributed by atoms with E-state index in [1.807, 2.05) is 11.3 Å². The van der Waals surface area contributed by atoms with E-state index in [9.17, 15) is 0 Å². The van der Waals surface area contributed by atoms with E-state index in [4.69, 9.17) is 0 Å². The molecule has 0 aliphatic rings. The third kappa shape index (κ3) is 3.60. The lowest BCUT2D eigenvalue weighted by Crippen LogP contribution is -2.18. The van der Waals surface area contributed by atoms with Crippen molar-refractivity contribution in [2.45, 2.75) is 53.0 Å². The largest absolute Gasteiger partial charge is 0.312 e. The SMILES string of the molecule is CCCC(C)CC(NC)c1cc(C)c(C)s1. The molecule has 0 radical (unpaired) electrons. The molecule has 2 heteroatoms. The van der Waals surface area contributed by atoms with Crippen LogP contribution >= 0.6 is 11.3 Å². The number of hydrogen-bond acceptors (Lipinski definition) is 2. The Morgan fingerprint density at radius 2 is 2.06 bits per heavy atom. The van der Waals surface area contributed by atoms with Crippen molar-refractivity contribution in [2.24, 2.45) is 5.92 Å². The maximum atomic E-state index is 3.46. The Hall–Kier alpha value is -0.340. The molecule has 2 unspecified atom stereocenters. The van der Waals surface area contributed by atoms with Crippen LogP contribution in [-0.2, 0) is 0 Å². The molecule has 0 saturated heterocycles. The van der Waals surface area contributed by atoms with Crippen molar-refractivity contribution in [3.8, 4) is 0 Å². The van der Waals surface area contributed by atoms with Gasteiger partial charge in [-0.1, -0.05) is 26.7 Å². The predicted octanol–water partition coefficient (Wildman–Crippen LogP) is 4.45. The van der Waals surface area contributed by atoms with Crippen LogP contribution in [0.1, 0.15) is 54.5 Å². The van der Waals surface area contributed by atoms with Crippen molar-refractivity contribution in [3.63, 3.8) is 0 Å². The van der Waals surface area contributed by atoms with Crippen LogP contribution in [0, 0.1) is 19.8 Å². The average Bonchev–Trinajstić information content (AvgIpc) is 2.56. The van der Waals surface area contributed by atoms with Gasteiger partial charge in [0.15, 0.2) is 0 Å². The molecular formula is C14H25NS. The summed E-state index contributed by atoms with van der Waals surface area (Å²) >= 11 is 1.94. The van der Waals surface area contributed by atoms with Crippen molar-refractivity contribution >= 4 is 11.3 Å². The van der Waals surface area contributed by atoms with Crippen LogP contribution in [0.15, 0.2) is 6.07 Å². The van der Waals surface area contributed by atoms with E-state index in [2.05, 4.69) is 46.1 Å². The van der Waals surface area contributed by atoms with Gasteiger partial charge < -0.3 is 5.32 Å². The normalized spacial score (nSPS) is 15.1. The lowest BCUT2D eigenvalue weighted by Gasteiger charge is -2.19. The molecule has 0 bridgehead atoms. The van der Waals surface area contributed by atoms with Gasteiger partial charge in [-0.25, -0.2) is 0 Å². The molecule has 0 fully saturated rings. The van der Waals surface area contributed by atoms with Gasteiger partial charge in [0.2, 0.25) is 0 Å². The second-order valence-electron chi connectivity index (χ2n) is 4.86. The molecule has 0 aromatic carbocycles. The van der Waals surface area contributed by atoms with Crippen molar-refractivity contribution in [3.05, 3.63) is 21.4 Å². The lowest BCUT2D eigenvalue weighted by molar-refractivity contribution is 0.410. The van der Waals surface area contributed by atoms with Crippen LogP contribution in [-0.4, -0.2) is 7.05 Å². The van der Waals surface area contributed by atoms with Gasteiger partial charge in [-0.2, -0.15) is 0 Å². The van der Waals surface area contributed by atoms with E-state index >= 15 is 0 Å². The smallest absolute Gasteiger partial charge is 0.0415 e. The van der Waals surface area contributed by atoms with Crippen molar-refractivity contribution in [2.75, 3.05) is 7.05 Å². The van der Waals surface area contributed by atoms with E-state index in [1.54, 1.807) is 0 Å². The van der Waals surface area contributed by atoms with E-state index in [1.165, 1.54) is 34.6 Å². The van der Waals surface area contributed by atoms with Gasteiger partial charge in [0.25, 0.3) is 0 Å². The summed E-state index contributed by atoms with van der Waals surface area (Å²) in [4.78, 5) is 2.96. The Bertz CT molecular complexity index is 297. The van der Waals surface area contributed by atoms with Gasteiger partial charge >= 0.3 is 0 Å². The first-order chi connectivity index (χ1) is 7.58. The first-order valence-electron chi connectivity index (χ1n) is 6.32. The van der Waals surface area contributed by atoms with Gasteiger partial charge in [-0.15, -0.1) is 11.3 Å². The third-order valence-corrected chi connectivity index (χ3v) is 4.56. The predicted molar refractivity (Wildman–Crippen MR) is 74.3 cm³/mol. The molecule has 1 nitrogen and oxygen atoms in total. The number of hydrogen-bond donors (Lipinski definition) is 1. The van der Waals surface area contributed by atoms with Crippen LogP contribution in [0.25, 0.3) is 0 Å². The van der Waals surface area contributed by atoms with E-state index in [0.29, 0.717) is 6.04 Å². The number of thiophene rings is 1. The monoisotopic (exact) mass is 239 g/mol. The molecule has 1 rings (SSSR count). The topological polar surface area (TPSA) is 12.0 Å². The minimum atomic E-state index is 0.541. The summed E-state index contributed by atoms with van der Waals surface area (Å²) in [6.45, 7) is 9.05. The molecule has 0 saturated carbocycles. The van der Waals surface area contributed by atoms with Gasteiger partial charge in [0.05, 0.1) is 0 Å². The minimum Gasteiger partial charge on any atom is -0.312 e.